The number of phenolic OH excluding ortho intramolecular Hbond substituents is 1. The van der Waals surface area contributed by atoms with Crippen LogP contribution < -0.4 is 5.48 Å². The largest absolute Gasteiger partial charge is 0.508 e. The molecule has 0 aromatic heterocycles. The molecule has 2 aromatic carbocycles. The van der Waals surface area contributed by atoms with Crippen LogP contribution in [0.5, 0.6) is 5.75 Å². The number of hydroxylamine groups is 1. The molecule has 0 fully saturated rings. The van der Waals surface area contributed by atoms with E-state index in [-0.39, 0.29) is 16.9 Å². The Morgan fingerprint density at radius 3 is 1.79 bits per heavy atom. The van der Waals surface area contributed by atoms with Crippen LogP contribution in [-0.4, -0.2) is 10.3 Å². The molecule has 24 heavy (non-hydrogen) atoms. The Balaban J connectivity index is 2.79. The number of hydrogen-bond acceptors (Lipinski definition) is 3. The molecule has 130 valence electrons. The predicted molar refractivity (Wildman–Crippen MR) is 98.7 cm³/mol. The zero-order valence-corrected chi connectivity index (χ0v) is 15.5. The number of benzene rings is 2. The first kappa shape index (κ1) is 18.5. The Hall–Kier alpha value is -1.84. The van der Waals surface area contributed by atoms with Gasteiger partial charge in [0.15, 0.2) is 0 Å². The summed E-state index contributed by atoms with van der Waals surface area (Å²) >= 11 is 0. The summed E-state index contributed by atoms with van der Waals surface area (Å²) in [5.74, 6) is 0.306. The minimum Gasteiger partial charge on any atom is -0.508 e. The van der Waals surface area contributed by atoms with E-state index in [0.29, 0.717) is 5.75 Å². The molecule has 0 aliphatic carbocycles. The molecule has 0 radical (unpaired) electrons. The molecule has 3 heteroatoms. The molecule has 0 saturated carbocycles. The predicted octanol–water partition coefficient (Wildman–Crippen LogP) is 5.06. The van der Waals surface area contributed by atoms with Gasteiger partial charge in [-0.3, -0.25) is 0 Å². The number of nitrogens with one attached hydrogen (secondary N) is 1. The number of hydrogen-bond donors (Lipinski definition) is 3. The van der Waals surface area contributed by atoms with Gasteiger partial charge < -0.3 is 10.3 Å². The molecule has 0 amide bonds. The van der Waals surface area contributed by atoms with Crippen LogP contribution in [0.15, 0.2) is 42.5 Å². The summed E-state index contributed by atoms with van der Waals surface area (Å²) < 4.78 is 0. The van der Waals surface area contributed by atoms with E-state index in [1.807, 2.05) is 36.4 Å². The molecular formula is C21H29NO2. The van der Waals surface area contributed by atoms with E-state index in [9.17, 15) is 10.3 Å². The number of phenols is 1. The second-order valence-electron chi connectivity index (χ2n) is 8.40. The molecule has 3 N–H and O–H groups in total. The lowest BCUT2D eigenvalue weighted by molar-refractivity contribution is 0.140. The van der Waals surface area contributed by atoms with Crippen LogP contribution in [0, 0.1) is 0 Å². The van der Waals surface area contributed by atoms with Crippen molar-refractivity contribution in [2.75, 3.05) is 0 Å². The van der Waals surface area contributed by atoms with Gasteiger partial charge in [-0.25, -0.2) is 0 Å². The summed E-state index contributed by atoms with van der Waals surface area (Å²) in [6, 6.07) is 13.2. The molecule has 0 heterocycles. The third-order valence-electron chi connectivity index (χ3n) is 4.29. The molecule has 2 aromatic rings. The van der Waals surface area contributed by atoms with E-state index in [4.69, 9.17) is 0 Å². The van der Waals surface area contributed by atoms with E-state index in [0.717, 1.165) is 22.3 Å². The summed E-state index contributed by atoms with van der Waals surface area (Å²) in [4.78, 5) is 0. The fourth-order valence-electron chi connectivity index (χ4n) is 3.38. The van der Waals surface area contributed by atoms with Crippen molar-refractivity contribution in [2.24, 2.45) is 0 Å². The topological polar surface area (TPSA) is 52.5 Å². The van der Waals surface area contributed by atoms with Gasteiger partial charge in [0.05, 0.1) is 6.04 Å². The summed E-state index contributed by atoms with van der Waals surface area (Å²) in [6.45, 7) is 12.7. The third kappa shape index (κ3) is 3.63. The first-order valence-corrected chi connectivity index (χ1v) is 8.38. The highest BCUT2D eigenvalue weighted by Crippen LogP contribution is 2.43. The van der Waals surface area contributed by atoms with E-state index in [2.05, 4.69) is 47.0 Å². The minimum atomic E-state index is -0.345. The van der Waals surface area contributed by atoms with E-state index in [1.54, 1.807) is 6.07 Å². The van der Waals surface area contributed by atoms with Crippen LogP contribution in [0.2, 0.25) is 0 Å². The minimum absolute atomic E-state index is 0.180. The van der Waals surface area contributed by atoms with Crippen molar-refractivity contribution < 1.29 is 10.3 Å². The van der Waals surface area contributed by atoms with Gasteiger partial charge in [-0.05, 0) is 33.6 Å². The SMILES string of the molecule is CC(C)(C)c1c(O)ccc(C(NO)c2ccccc2)c1C(C)(C)C. The van der Waals surface area contributed by atoms with E-state index < -0.39 is 0 Å². The summed E-state index contributed by atoms with van der Waals surface area (Å²) in [6.07, 6.45) is 0. The van der Waals surface area contributed by atoms with Crippen molar-refractivity contribution in [3.63, 3.8) is 0 Å². The molecule has 2 rings (SSSR count). The first-order chi connectivity index (χ1) is 11.1. The van der Waals surface area contributed by atoms with Gasteiger partial charge >= 0.3 is 0 Å². The van der Waals surface area contributed by atoms with Crippen molar-refractivity contribution >= 4 is 0 Å². The lowest BCUT2D eigenvalue weighted by atomic mass is 9.71. The van der Waals surface area contributed by atoms with Crippen LogP contribution in [0.4, 0.5) is 0 Å². The van der Waals surface area contributed by atoms with Gasteiger partial charge in [0, 0.05) is 5.56 Å². The van der Waals surface area contributed by atoms with Gasteiger partial charge in [-0.15, -0.1) is 0 Å². The zero-order valence-electron chi connectivity index (χ0n) is 15.5. The second kappa shape index (κ2) is 6.58. The summed E-state index contributed by atoms with van der Waals surface area (Å²) in [5.41, 5.74) is 6.05. The fraction of sp³-hybridized carbons (Fsp3) is 0.429. The van der Waals surface area contributed by atoms with Crippen LogP contribution in [0.25, 0.3) is 0 Å². The van der Waals surface area contributed by atoms with Crippen molar-refractivity contribution in [1.29, 1.82) is 0 Å². The van der Waals surface area contributed by atoms with Crippen molar-refractivity contribution in [3.05, 3.63) is 64.7 Å². The Morgan fingerprint density at radius 1 is 0.792 bits per heavy atom. The lowest BCUT2D eigenvalue weighted by Gasteiger charge is -2.35. The Labute approximate surface area is 145 Å². The highest BCUT2D eigenvalue weighted by Gasteiger charge is 2.32. The molecule has 0 aliphatic rings. The first-order valence-electron chi connectivity index (χ1n) is 8.38. The molecule has 0 spiro atoms. The van der Waals surface area contributed by atoms with Crippen LogP contribution in [0.1, 0.15) is 69.8 Å². The average molecular weight is 327 g/mol. The normalized spacial score (nSPS) is 13.8. The van der Waals surface area contributed by atoms with E-state index >= 15 is 0 Å². The molecular weight excluding hydrogens is 298 g/mol. The Morgan fingerprint density at radius 2 is 1.33 bits per heavy atom. The smallest absolute Gasteiger partial charge is 0.119 e. The summed E-state index contributed by atoms with van der Waals surface area (Å²) in [7, 11) is 0. The van der Waals surface area contributed by atoms with Gasteiger partial charge in [0.2, 0.25) is 0 Å². The molecule has 1 atom stereocenters. The molecule has 3 nitrogen and oxygen atoms in total. The van der Waals surface area contributed by atoms with Crippen molar-refractivity contribution in [2.45, 2.75) is 58.4 Å². The van der Waals surface area contributed by atoms with Crippen LogP contribution in [0.3, 0.4) is 0 Å². The average Bonchev–Trinajstić information content (AvgIpc) is 2.48. The molecule has 0 saturated heterocycles. The second-order valence-corrected chi connectivity index (χ2v) is 8.40. The maximum absolute atomic E-state index is 10.6. The standard InChI is InChI=1S/C21H29NO2/c1-20(2,3)17-15(12-13-16(23)18(17)21(4,5)6)19(22-24)14-10-8-7-9-11-14/h7-13,19,22-24H,1-6H3. The molecule has 1 unspecified atom stereocenters. The number of aromatic hydroxyl groups is 1. The van der Waals surface area contributed by atoms with Gasteiger partial charge in [0.25, 0.3) is 0 Å². The maximum Gasteiger partial charge on any atom is 0.119 e. The number of rotatable bonds is 3. The monoisotopic (exact) mass is 327 g/mol. The molecule has 0 aliphatic heterocycles. The van der Waals surface area contributed by atoms with Crippen LogP contribution >= 0.6 is 0 Å². The van der Waals surface area contributed by atoms with Crippen molar-refractivity contribution in [3.8, 4) is 5.75 Å². The quantitative estimate of drug-likeness (QED) is 0.691. The van der Waals surface area contributed by atoms with Gasteiger partial charge in [-0.2, -0.15) is 5.48 Å². The lowest BCUT2D eigenvalue weighted by Crippen LogP contribution is -2.28. The van der Waals surface area contributed by atoms with E-state index in [1.165, 1.54) is 0 Å². The fourth-order valence-corrected chi connectivity index (χ4v) is 3.38. The maximum atomic E-state index is 10.6. The van der Waals surface area contributed by atoms with Crippen molar-refractivity contribution in [1.82, 2.24) is 5.48 Å². The van der Waals surface area contributed by atoms with Gasteiger partial charge in [-0.1, -0.05) is 77.9 Å². The Kier molecular flexibility index (Phi) is 5.07. The van der Waals surface area contributed by atoms with Gasteiger partial charge in [0.1, 0.15) is 5.75 Å². The Bertz CT molecular complexity index is 694. The highest BCUT2D eigenvalue weighted by molar-refractivity contribution is 5.53. The van der Waals surface area contributed by atoms with Crippen LogP contribution in [-0.2, 0) is 10.8 Å². The highest BCUT2D eigenvalue weighted by atomic mass is 16.5. The molecule has 0 bridgehead atoms. The zero-order chi connectivity index (χ0) is 18.1. The third-order valence-corrected chi connectivity index (χ3v) is 4.29. The summed E-state index contributed by atoms with van der Waals surface area (Å²) in [5, 5.41) is 20.4.